The molecule has 0 aromatic heterocycles. The van der Waals surface area contributed by atoms with Crippen molar-refractivity contribution in [3.63, 3.8) is 0 Å². The first-order valence-electron chi connectivity index (χ1n) is 5.87. The molecule has 2 nitrogen and oxygen atoms in total. The number of esters is 1. The van der Waals surface area contributed by atoms with Crippen LogP contribution in [0.25, 0.3) is 0 Å². The normalized spacial score (nSPS) is 12.2. The van der Waals surface area contributed by atoms with Crippen molar-refractivity contribution in [1.82, 2.24) is 0 Å². The maximum Gasteiger partial charge on any atom is 0.305 e. The van der Waals surface area contributed by atoms with E-state index in [2.05, 4.69) is 59.4 Å². The van der Waals surface area contributed by atoms with Crippen LogP contribution in [0.1, 0.15) is 43.2 Å². The van der Waals surface area contributed by atoms with Crippen LogP contribution < -0.4 is 0 Å². The summed E-state index contributed by atoms with van der Waals surface area (Å²) >= 11 is 2.36. The summed E-state index contributed by atoms with van der Waals surface area (Å²) in [7, 11) is 1.44. The first kappa shape index (κ1) is 14.5. The molecule has 1 aromatic carbocycles. The standard InChI is InChI=1S/C14H19IO2/c1-10(5-4-6-14(16)17-3)12-8-7-11(2)13(15)9-12/h7-10H,4-6H2,1-3H3/t10-/m1/s1. The number of carbonyl (C=O) groups excluding carboxylic acids is 1. The first-order chi connectivity index (χ1) is 8.04. The predicted molar refractivity (Wildman–Crippen MR) is 78.2 cm³/mol. The lowest BCUT2D eigenvalue weighted by Gasteiger charge is -2.12. The Hall–Kier alpha value is -0.580. The second kappa shape index (κ2) is 6.99. The fraction of sp³-hybridized carbons (Fsp3) is 0.500. The number of hydrogen-bond acceptors (Lipinski definition) is 2. The number of hydrogen-bond donors (Lipinski definition) is 0. The van der Waals surface area contributed by atoms with Gasteiger partial charge in [-0.05, 0) is 65.5 Å². The average Bonchev–Trinajstić information content (AvgIpc) is 2.32. The Morgan fingerprint density at radius 3 is 2.76 bits per heavy atom. The molecule has 94 valence electrons. The van der Waals surface area contributed by atoms with Crippen molar-refractivity contribution in [1.29, 1.82) is 0 Å². The Morgan fingerprint density at radius 2 is 2.18 bits per heavy atom. The van der Waals surface area contributed by atoms with E-state index in [1.54, 1.807) is 0 Å². The van der Waals surface area contributed by atoms with E-state index in [0.717, 1.165) is 12.8 Å². The first-order valence-corrected chi connectivity index (χ1v) is 6.95. The Bertz CT molecular complexity index is 388. The van der Waals surface area contributed by atoms with Gasteiger partial charge in [-0.3, -0.25) is 4.79 Å². The molecule has 0 unspecified atom stereocenters. The molecule has 0 aliphatic carbocycles. The summed E-state index contributed by atoms with van der Waals surface area (Å²) < 4.78 is 5.94. The third-order valence-electron chi connectivity index (χ3n) is 3.01. The number of ether oxygens (including phenoxy) is 1. The van der Waals surface area contributed by atoms with E-state index in [9.17, 15) is 4.79 Å². The molecule has 0 aliphatic rings. The molecule has 1 atom stereocenters. The van der Waals surface area contributed by atoms with Gasteiger partial charge in [-0.15, -0.1) is 0 Å². The molecule has 0 fully saturated rings. The van der Waals surface area contributed by atoms with Gasteiger partial charge in [0.2, 0.25) is 0 Å². The molecule has 17 heavy (non-hydrogen) atoms. The molecule has 1 rings (SSSR count). The highest BCUT2D eigenvalue weighted by molar-refractivity contribution is 14.1. The van der Waals surface area contributed by atoms with Crippen molar-refractivity contribution < 1.29 is 9.53 Å². The van der Waals surface area contributed by atoms with Gasteiger partial charge in [0.25, 0.3) is 0 Å². The summed E-state index contributed by atoms with van der Waals surface area (Å²) in [6.07, 6.45) is 2.43. The summed E-state index contributed by atoms with van der Waals surface area (Å²) in [5.41, 5.74) is 2.67. The van der Waals surface area contributed by atoms with Crippen molar-refractivity contribution in [3.8, 4) is 0 Å². The van der Waals surface area contributed by atoms with E-state index in [0.29, 0.717) is 12.3 Å². The van der Waals surface area contributed by atoms with Crippen molar-refractivity contribution in [2.75, 3.05) is 7.11 Å². The van der Waals surface area contributed by atoms with Crippen LogP contribution in [0.4, 0.5) is 0 Å². The minimum absolute atomic E-state index is 0.115. The van der Waals surface area contributed by atoms with Gasteiger partial charge in [0.15, 0.2) is 0 Å². The number of carbonyl (C=O) groups is 1. The fourth-order valence-corrected chi connectivity index (χ4v) is 2.28. The molecule has 0 aliphatic heterocycles. The zero-order chi connectivity index (χ0) is 12.8. The second-order valence-corrected chi connectivity index (χ2v) is 5.54. The maximum atomic E-state index is 11.0. The molecule has 0 spiro atoms. The van der Waals surface area contributed by atoms with Crippen LogP contribution in [-0.4, -0.2) is 13.1 Å². The minimum Gasteiger partial charge on any atom is -0.469 e. The number of methoxy groups -OCH3 is 1. The molecule has 0 saturated heterocycles. The third kappa shape index (κ3) is 4.66. The minimum atomic E-state index is -0.115. The summed E-state index contributed by atoms with van der Waals surface area (Å²) in [5, 5.41) is 0. The Kier molecular flexibility index (Phi) is 5.95. The molecule has 0 N–H and O–H groups in total. The number of halogens is 1. The Morgan fingerprint density at radius 1 is 1.47 bits per heavy atom. The molecular weight excluding hydrogens is 327 g/mol. The van der Waals surface area contributed by atoms with Crippen molar-refractivity contribution in [2.24, 2.45) is 0 Å². The highest BCUT2D eigenvalue weighted by Gasteiger charge is 2.08. The van der Waals surface area contributed by atoms with Crippen molar-refractivity contribution in [3.05, 3.63) is 32.9 Å². The van der Waals surface area contributed by atoms with Gasteiger partial charge < -0.3 is 4.74 Å². The molecule has 1 aromatic rings. The van der Waals surface area contributed by atoms with Crippen LogP contribution in [0.2, 0.25) is 0 Å². The van der Waals surface area contributed by atoms with Crippen LogP contribution in [0, 0.1) is 10.5 Å². The zero-order valence-electron chi connectivity index (χ0n) is 10.6. The molecule has 0 bridgehead atoms. The summed E-state index contributed by atoms with van der Waals surface area (Å²) in [4.78, 5) is 11.0. The lowest BCUT2D eigenvalue weighted by Crippen LogP contribution is -2.01. The second-order valence-electron chi connectivity index (χ2n) is 4.38. The van der Waals surface area contributed by atoms with E-state index in [1.165, 1.54) is 21.8 Å². The number of rotatable bonds is 5. The molecular formula is C14H19IO2. The van der Waals surface area contributed by atoms with E-state index >= 15 is 0 Å². The van der Waals surface area contributed by atoms with E-state index in [-0.39, 0.29) is 5.97 Å². The molecule has 0 radical (unpaired) electrons. The summed E-state index contributed by atoms with van der Waals surface area (Å²) in [6, 6.07) is 6.58. The zero-order valence-corrected chi connectivity index (χ0v) is 12.8. The Balaban J connectivity index is 2.49. The maximum absolute atomic E-state index is 11.0. The highest BCUT2D eigenvalue weighted by atomic mass is 127. The molecule has 0 amide bonds. The van der Waals surface area contributed by atoms with Crippen LogP contribution in [0.3, 0.4) is 0 Å². The van der Waals surface area contributed by atoms with Gasteiger partial charge in [0.05, 0.1) is 7.11 Å². The van der Waals surface area contributed by atoms with Crippen molar-refractivity contribution in [2.45, 2.75) is 39.0 Å². The van der Waals surface area contributed by atoms with Gasteiger partial charge in [-0.1, -0.05) is 19.1 Å². The van der Waals surface area contributed by atoms with Gasteiger partial charge in [-0.2, -0.15) is 0 Å². The average molecular weight is 346 g/mol. The highest BCUT2D eigenvalue weighted by Crippen LogP contribution is 2.24. The largest absolute Gasteiger partial charge is 0.469 e. The topological polar surface area (TPSA) is 26.3 Å². The third-order valence-corrected chi connectivity index (χ3v) is 4.17. The quantitative estimate of drug-likeness (QED) is 0.594. The van der Waals surface area contributed by atoms with Crippen LogP contribution in [0.15, 0.2) is 18.2 Å². The summed E-state index contributed by atoms with van der Waals surface area (Å²) in [6.45, 7) is 4.32. The summed E-state index contributed by atoms with van der Waals surface area (Å²) in [5.74, 6) is 0.379. The van der Waals surface area contributed by atoms with E-state index < -0.39 is 0 Å². The van der Waals surface area contributed by atoms with Gasteiger partial charge in [-0.25, -0.2) is 0 Å². The SMILES string of the molecule is COC(=O)CCC[C@@H](C)c1ccc(C)c(I)c1. The van der Waals surface area contributed by atoms with E-state index in [4.69, 9.17) is 0 Å². The van der Waals surface area contributed by atoms with Crippen LogP contribution in [0.5, 0.6) is 0 Å². The fourth-order valence-electron chi connectivity index (χ4n) is 1.74. The predicted octanol–water partition coefficient (Wildman–Crippen LogP) is 4.05. The van der Waals surface area contributed by atoms with Crippen molar-refractivity contribution >= 4 is 28.6 Å². The van der Waals surface area contributed by atoms with Gasteiger partial charge >= 0.3 is 5.97 Å². The molecule has 0 saturated carbocycles. The number of aryl methyl sites for hydroxylation is 1. The van der Waals surface area contributed by atoms with Crippen LogP contribution in [-0.2, 0) is 9.53 Å². The van der Waals surface area contributed by atoms with Crippen LogP contribution >= 0.6 is 22.6 Å². The lowest BCUT2D eigenvalue weighted by atomic mass is 9.95. The smallest absolute Gasteiger partial charge is 0.305 e. The van der Waals surface area contributed by atoms with Gasteiger partial charge in [0.1, 0.15) is 0 Å². The monoisotopic (exact) mass is 346 g/mol. The Labute approximate surface area is 117 Å². The molecule has 0 heterocycles. The number of benzene rings is 1. The molecule has 3 heteroatoms. The van der Waals surface area contributed by atoms with Gasteiger partial charge in [0, 0.05) is 9.99 Å². The van der Waals surface area contributed by atoms with E-state index in [1.807, 2.05) is 0 Å². The lowest BCUT2D eigenvalue weighted by molar-refractivity contribution is -0.140.